The number of phosphoric ester groups is 1. The van der Waals surface area contributed by atoms with Crippen LogP contribution in [-0.2, 0) is 18.4 Å². The van der Waals surface area contributed by atoms with Gasteiger partial charge in [-0.3, -0.25) is 13.8 Å². The molecule has 9 heteroatoms. The molecule has 270 valence electrons. The van der Waals surface area contributed by atoms with Crippen molar-refractivity contribution in [1.29, 1.82) is 0 Å². The highest BCUT2D eigenvalue weighted by Gasteiger charge is 2.28. The first-order valence-corrected chi connectivity index (χ1v) is 19.8. The van der Waals surface area contributed by atoms with Gasteiger partial charge >= 0.3 is 7.82 Å². The van der Waals surface area contributed by atoms with Crippen LogP contribution in [0, 0.1) is 0 Å². The van der Waals surface area contributed by atoms with Gasteiger partial charge in [0, 0.05) is 6.42 Å². The van der Waals surface area contributed by atoms with Gasteiger partial charge in [0.25, 0.3) is 0 Å². The summed E-state index contributed by atoms with van der Waals surface area (Å²) in [5.74, 6) is -0.178. The number of unbranched alkanes of at least 4 members (excludes halogenated alkanes) is 13. The number of hydrogen-bond acceptors (Lipinski definition) is 5. The molecule has 8 nitrogen and oxygen atoms in total. The fraction of sp³-hybridized carbons (Fsp3) is 0.811. The highest BCUT2D eigenvalue weighted by molar-refractivity contribution is 7.47. The molecule has 0 bridgehead atoms. The number of allylic oxidation sites excluding steroid dienone is 6. The smallest absolute Gasteiger partial charge is 0.391 e. The number of amides is 1. The average molecular weight is 672 g/mol. The highest BCUT2D eigenvalue weighted by atomic mass is 31.2. The highest BCUT2D eigenvalue weighted by Crippen LogP contribution is 2.43. The van der Waals surface area contributed by atoms with E-state index in [4.69, 9.17) is 9.05 Å². The maximum atomic E-state index is 12.8. The molecule has 0 aromatic heterocycles. The molecule has 46 heavy (non-hydrogen) atoms. The number of nitrogens with one attached hydrogen (secondary N) is 1. The molecular weight excluding hydrogens is 599 g/mol. The molecule has 0 aromatic carbocycles. The zero-order valence-corrected chi connectivity index (χ0v) is 31.2. The van der Waals surface area contributed by atoms with E-state index >= 15 is 0 Å². The van der Waals surface area contributed by atoms with E-state index in [-0.39, 0.29) is 19.1 Å². The largest absolute Gasteiger partial charge is 0.472 e. The minimum absolute atomic E-state index is 0.0676. The van der Waals surface area contributed by atoms with Crippen LogP contribution in [0.4, 0.5) is 0 Å². The number of quaternary nitrogens is 1. The van der Waals surface area contributed by atoms with Gasteiger partial charge in [0.05, 0.1) is 39.9 Å². The number of phosphoric acid groups is 1. The van der Waals surface area contributed by atoms with Gasteiger partial charge in [0.15, 0.2) is 0 Å². The number of nitrogens with zero attached hydrogens (tertiary/aromatic N) is 1. The van der Waals surface area contributed by atoms with Crippen molar-refractivity contribution >= 4 is 13.7 Å². The fourth-order valence-electron chi connectivity index (χ4n) is 4.94. The van der Waals surface area contributed by atoms with Gasteiger partial charge in [-0.05, 0) is 44.9 Å². The van der Waals surface area contributed by atoms with E-state index in [9.17, 15) is 19.4 Å². The Hall–Kier alpha value is -1.28. The summed E-state index contributed by atoms with van der Waals surface area (Å²) in [7, 11) is 1.59. The molecule has 0 aliphatic heterocycles. The predicted molar refractivity (Wildman–Crippen MR) is 194 cm³/mol. The van der Waals surface area contributed by atoms with Crippen LogP contribution in [0.25, 0.3) is 0 Å². The summed E-state index contributed by atoms with van der Waals surface area (Å²) in [5, 5.41) is 13.8. The molecule has 0 rings (SSSR count). The van der Waals surface area contributed by atoms with Gasteiger partial charge in [-0.15, -0.1) is 0 Å². The fourth-order valence-corrected chi connectivity index (χ4v) is 5.68. The number of carbonyl (C=O) groups is 1. The van der Waals surface area contributed by atoms with E-state index in [0.717, 1.165) is 64.2 Å². The van der Waals surface area contributed by atoms with Crippen molar-refractivity contribution in [2.24, 2.45) is 0 Å². The Morgan fingerprint density at radius 1 is 0.761 bits per heavy atom. The lowest BCUT2D eigenvalue weighted by molar-refractivity contribution is -0.870. The Morgan fingerprint density at radius 2 is 1.30 bits per heavy atom. The molecule has 3 unspecified atom stereocenters. The summed E-state index contributed by atoms with van der Waals surface area (Å²) >= 11 is 0. The molecule has 0 spiro atoms. The van der Waals surface area contributed by atoms with E-state index in [0.29, 0.717) is 23.9 Å². The summed E-state index contributed by atoms with van der Waals surface area (Å²) in [6, 6.07) is -0.772. The number of rotatable bonds is 32. The van der Waals surface area contributed by atoms with E-state index < -0.39 is 20.0 Å². The van der Waals surface area contributed by atoms with Gasteiger partial charge < -0.3 is 19.8 Å². The minimum Gasteiger partial charge on any atom is -0.391 e. The molecule has 0 heterocycles. The lowest BCUT2D eigenvalue weighted by atomic mass is 10.0. The number of hydrogen-bond donors (Lipinski definition) is 3. The monoisotopic (exact) mass is 672 g/mol. The van der Waals surface area contributed by atoms with Gasteiger partial charge in [-0.2, -0.15) is 0 Å². The number of aliphatic hydroxyl groups is 1. The van der Waals surface area contributed by atoms with Gasteiger partial charge in [0.1, 0.15) is 13.2 Å². The van der Waals surface area contributed by atoms with Crippen molar-refractivity contribution < 1.29 is 32.9 Å². The van der Waals surface area contributed by atoms with Crippen LogP contribution < -0.4 is 5.32 Å². The van der Waals surface area contributed by atoms with Crippen molar-refractivity contribution in [3.63, 3.8) is 0 Å². The Labute approximate surface area is 283 Å². The molecule has 0 aliphatic rings. The number of carbonyl (C=O) groups excluding carboxylic acids is 1. The maximum Gasteiger partial charge on any atom is 0.472 e. The second kappa shape index (κ2) is 29.8. The van der Waals surface area contributed by atoms with Crippen molar-refractivity contribution in [3.05, 3.63) is 36.5 Å². The molecule has 0 aromatic rings. The normalized spacial score (nSPS) is 15.2. The topological polar surface area (TPSA) is 105 Å². The number of aliphatic hydroxyl groups excluding tert-OH is 1. The van der Waals surface area contributed by atoms with Crippen LogP contribution in [0.15, 0.2) is 36.5 Å². The first-order chi connectivity index (χ1) is 22.0. The van der Waals surface area contributed by atoms with Crippen LogP contribution >= 0.6 is 7.82 Å². The quantitative estimate of drug-likeness (QED) is 0.0285. The molecule has 3 atom stereocenters. The molecule has 1 amide bonds. The minimum atomic E-state index is -4.31. The Bertz CT molecular complexity index is 855. The van der Waals surface area contributed by atoms with Crippen molar-refractivity contribution in [1.82, 2.24) is 5.32 Å². The molecule has 3 N–H and O–H groups in total. The van der Waals surface area contributed by atoms with Crippen LogP contribution in [0.5, 0.6) is 0 Å². The Morgan fingerprint density at radius 3 is 1.89 bits per heavy atom. The molecule has 0 fully saturated rings. The first-order valence-electron chi connectivity index (χ1n) is 18.4. The standard InChI is InChI=1S/C37H71N2O6P/c1-6-8-10-12-14-16-18-19-21-23-25-27-29-31-37(41)38-35(34-45-46(42,43)44-33-32-39(3,4)5)36(40)30-28-26-24-22-20-17-15-13-11-9-7-2/h8,10,14,16,19,21,35-36,40H,6-7,9,11-13,15,17-18,20,22-34H2,1-5H3,(H-,38,41,42,43)/p+1/b10-8-,16-14-,21-19-. The second-order valence-corrected chi connectivity index (χ2v) is 15.0. The lowest BCUT2D eigenvalue weighted by Gasteiger charge is -2.26. The lowest BCUT2D eigenvalue weighted by Crippen LogP contribution is -2.46. The van der Waals surface area contributed by atoms with E-state index in [2.05, 4.69) is 55.6 Å². The summed E-state index contributed by atoms with van der Waals surface area (Å²) in [6.07, 6.45) is 33.1. The van der Waals surface area contributed by atoms with E-state index in [1.165, 1.54) is 51.4 Å². The van der Waals surface area contributed by atoms with Crippen molar-refractivity contribution in [2.75, 3.05) is 40.9 Å². The van der Waals surface area contributed by atoms with Crippen LogP contribution in [0.1, 0.15) is 142 Å². The molecular formula is C37H72N2O6P+. The van der Waals surface area contributed by atoms with Gasteiger partial charge in [0.2, 0.25) is 5.91 Å². The molecule has 0 aliphatic carbocycles. The van der Waals surface area contributed by atoms with Gasteiger partial charge in [-0.25, -0.2) is 4.57 Å². The summed E-state index contributed by atoms with van der Waals surface area (Å²) in [4.78, 5) is 22.9. The molecule has 0 saturated carbocycles. The summed E-state index contributed by atoms with van der Waals surface area (Å²) in [5.41, 5.74) is 0. The third-order valence-electron chi connectivity index (χ3n) is 7.90. The maximum absolute atomic E-state index is 12.8. The Balaban J connectivity index is 4.56. The number of likely N-dealkylation sites (N-methyl/N-ethyl adjacent to an activating group) is 1. The van der Waals surface area contributed by atoms with Crippen molar-refractivity contribution in [2.45, 2.75) is 154 Å². The third-order valence-corrected chi connectivity index (χ3v) is 8.89. The SMILES string of the molecule is CC/C=C\C/C=C\C/C=C\CCCCCC(=O)NC(COP(=O)(O)OCC[N+](C)(C)C)C(O)CCCCCCCCCCCCC. The first kappa shape index (κ1) is 44.7. The summed E-state index contributed by atoms with van der Waals surface area (Å²) < 4.78 is 23.4. The average Bonchev–Trinajstić information content (AvgIpc) is 2.99. The van der Waals surface area contributed by atoms with Gasteiger partial charge in [-0.1, -0.05) is 127 Å². The third kappa shape index (κ3) is 31.3. The second-order valence-electron chi connectivity index (χ2n) is 13.6. The molecule has 0 radical (unpaired) electrons. The zero-order chi connectivity index (χ0) is 34.4. The Kier molecular flexibility index (Phi) is 29.0. The van der Waals surface area contributed by atoms with Crippen LogP contribution in [0.3, 0.4) is 0 Å². The van der Waals surface area contributed by atoms with Crippen LogP contribution in [-0.4, -0.2) is 73.4 Å². The zero-order valence-electron chi connectivity index (χ0n) is 30.3. The van der Waals surface area contributed by atoms with Crippen LogP contribution in [0.2, 0.25) is 0 Å². The van der Waals surface area contributed by atoms with Crippen molar-refractivity contribution in [3.8, 4) is 0 Å². The van der Waals surface area contributed by atoms with E-state index in [1.54, 1.807) is 0 Å². The van der Waals surface area contributed by atoms with E-state index in [1.807, 2.05) is 21.1 Å². The molecule has 0 saturated heterocycles. The summed E-state index contributed by atoms with van der Waals surface area (Å²) in [6.45, 7) is 4.70. The predicted octanol–water partition coefficient (Wildman–Crippen LogP) is 9.18.